The number of ether oxygens (including phenoxy) is 1. The largest absolute Gasteiger partial charge is 0.497 e. The standard InChI is InChI=1S/C13H15NO3/c1-17-10-4-2-3-9(7-10)12-8-14-6-5-11(12)13(15)16/h2-4,7,14H,5-6,8H2,1H3,(H,15,16). The van der Waals surface area contributed by atoms with Crippen LogP contribution in [-0.2, 0) is 4.79 Å². The van der Waals surface area contributed by atoms with E-state index in [1.807, 2.05) is 24.3 Å². The lowest BCUT2D eigenvalue weighted by atomic mass is 9.95. The number of hydrogen-bond donors (Lipinski definition) is 2. The van der Waals surface area contributed by atoms with Gasteiger partial charge < -0.3 is 15.2 Å². The smallest absolute Gasteiger partial charge is 0.331 e. The van der Waals surface area contributed by atoms with Gasteiger partial charge in [-0.1, -0.05) is 12.1 Å². The summed E-state index contributed by atoms with van der Waals surface area (Å²) >= 11 is 0. The van der Waals surface area contributed by atoms with E-state index in [-0.39, 0.29) is 0 Å². The predicted molar refractivity (Wildman–Crippen MR) is 65.0 cm³/mol. The number of rotatable bonds is 3. The molecule has 0 bridgehead atoms. The maximum atomic E-state index is 11.2. The minimum Gasteiger partial charge on any atom is -0.497 e. The first-order valence-corrected chi connectivity index (χ1v) is 5.53. The van der Waals surface area contributed by atoms with Gasteiger partial charge >= 0.3 is 5.97 Å². The number of nitrogens with one attached hydrogen (secondary N) is 1. The zero-order chi connectivity index (χ0) is 12.3. The minimum absolute atomic E-state index is 0.497. The maximum Gasteiger partial charge on any atom is 0.331 e. The van der Waals surface area contributed by atoms with E-state index in [2.05, 4.69) is 5.32 Å². The highest BCUT2D eigenvalue weighted by atomic mass is 16.5. The molecule has 1 aliphatic heterocycles. The molecule has 1 heterocycles. The van der Waals surface area contributed by atoms with E-state index >= 15 is 0 Å². The van der Waals surface area contributed by atoms with Crippen LogP contribution in [-0.4, -0.2) is 31.3 Å². The Labute approximate surface area is 99.9 Å². The van der Waals surface area contributed by atoms with Crippen molar-refractivity contribution in [1.82, 2.24) is 5.32 Å². The quantitative estimate of drug-likeness (QED) is 0.831. The van der Waals surface area contributed by atoms with Gasteiger partial charge in [0, 0.05) is 12.1 Å². The summed E-state index contributed by atoms with van der Waals surface area (Å²) in [7, 11) is 1.60. The molecule has 1 aliphatic rings. The first kappa shape index (κ1) is 11.7. The zero-order valence-electron chi connectivity index (χ0n) is 9.69. The van der Waals surface area contributed by atoms with Crippen molar-refractivity contribution in [2.75, 3.05) is 20.2 Å². The van der Waals surface area contributed by atoms with E-state index in [0.717, 1.165) is 23.4 Å². The minimum atomic E-state index is -0.829. The highest BCUT2D eigenvalue weighted by Crippen LogP contribution is 2.26. The van der Waals surface area contributed by atoms with Crippen LogP contribution in [0.3, 0.4) is 0 Å². The molecule has 0 aliphatic carbocycles. The Morgan fingerprint density at radius 2 is 2.29 bits per heavy atom. The fourth-order valence-electron chi connectivity index (χ4n) is 2.01. The summed E-state index contributed by atoms with van der Waals surface area (Å²) in [5.41, 5.74) is 2.26. The van der Waals surface area contributed by atoms with Crippen molar-refractivity contribution in [1.29, 1.82) is 0 Å². The highest BCUT2D eigenvalue weighted by molar-refractivity contribution is 5.97. The third-order valence-electron chi connectivity index (χ3n) is 2.89. The molecule has 4 heteroatoms. The third kappa shape index (κ3) is 2.47. The molecular formula is C13H15NO3. The van der Waals surface area contributed by atoms with Gasteiger partial charge in [0.25, 0.3) is 0 Å². The molecule has 0 fully saturated rings. The first-order valence-electron chi connectivity index (χ1n) is 5.53. The molecular weight excluding hydrogens is 218 g/mol. The predicted octanol–water partition coefficient (Wildman–Crippen LogP) is 1.53. The average Bonchev–Trinajstić information content (AvgIpc) is 2.39. The summed E-state index contributed by atoms with van der Waals surface area (Å²) in [4.78, 5) is 11.2. The second-order valence-corrected chi connectivity index (χ2v) is 3.92. The number of carboxylic acid groups (broad SMARTS) is 1. The number of carbonyl (C=O) groups is 1. The molecule has 0 saturated heterocycles. The Morgan fingerprint density at radius 3 is 3.00 bits per heavy atom. The van der Waals surface area contributed by atoms with Gasteiger partial charge in [-0.2, -0.15) is 0 Å². The summed E-state index contributed by atoms with van der Waals surface area (Å²) in [5, 5.41) is 12.4. The Kier molecular flexibility index (Phi) is 3.44. The molecule has 2 rings (SSSR count). The highest BCUT2D eigenvalue weighted by Gasteiger charge is 2.19. The second kappa shape index (κ2) is 5.01. The molecule has 0 amide bonds. The lowest BCUT2D eigenvalue weighted by Crippen LogP contribution is -2.27. The topological polar surface area (TPSA) is 58.6 Å². The molecule has 0 aromatic heterocycles. The van der Waals surface area contributed by atoms with Crippen molar-refractivity contribution in [3.8, 4) is 5.75 Å². The Bertz CT molecular complexity index is 465. The van der Waals surface area contributed by atoms with Gasteiger partial charge in [0.05, 0.1) is 7.11 Å². The number of aliphatic carboxylic acids is 1. The normalized spacial score (nSPS) is 15.8. The monoisotopic (exact) mass is 233 g/mol. The van der Waals surface area contributed by atoms with Crippen LogP contribution in [0.2, 0.25) is 0 Å². The molecule has 90 valence electrons. The molecule has 0 spiro atoms. The van der Waals surface area contributed by atoms with E-state index < -0.39 is 5.97 Å². The molecule has 17 heavy (non-hydrogen) atoms. The van der Waals surface area contributed by atoms with Gasteiger partial charge in [-0.25, -0.2) is 4.79 Å². The Balaban J connectivity index is 2.45. The SMILES string of the molecule is COc1cccc(C2=C(C(=O)O)CCNC2)c1. The number of methoxy groups -OCH3 is 1. The Morgan fingerprint density at radius 1 is 1.47 bits per heavy atom. The van der Waals surface area contributed by atoms with Gasteiger partial charge in [-0.05, 0) is 36.2 Å². The summed E-state index contributed by atoms with van der Waals surface area (Å²) in [6.45, 7) is 1.31. The van der Waals surface area contributed by atoms with Crippen molar-refractivity contribution in [2.45, 2.75) is 6.42 Å². The van der Waals surface area contributed by atoms with E-state index in [0.29, 0.717) is 18.5 Å². The number of benzene rings is 1. The van der Waals surface area contributed by atoms with Crippen molar-refractivity contribution >= 4 is 11.5 Å². The molecule has 0 saturated carbocycles. The Hall–Kier alpha value is -1.81. The van der Waals surface area contributed by atoms with E-state index in [4.69, 9.17) is 4.74 Å². The summed E-state index contributed by atoms with van der Waals surface area (Å²) in [6, 6.07) is 7.50. The lowest BCUT2D eigenvalue weighted by molar-refractivity contribution is -0.132. The fourth-order valence-corrected chi connectivity index (χ4v) is 2.01. The summed E-state index contributed by atoms with van der Waals surface area (Å²) in [6.07, 6.45) is 0.557. The zero-order valence-corrected chi connectivity index (χ0v) is 9.69. The summed E-state index contributed by atoms with van der Waals surface area (Å²) < 4.78 is 5.15. The van der Waals surface area contributed by atoms with Gasteiger partial charge in [-0.3, -0.25) is 0 Å². The van der Waals surface area contributed by atoms with E-state index in [1.54, 1.807) is 7.11 Å². The first-order chi connectivity index (χ1) is 8.22. The van der Waals surface area contributed by atoms with Gasteiger partial charge in [-0.15, -0.1) is 0 Å². The number of carboxylic acids is 1. The third-order valence-corrected chi connectivity index (χ3v) is 2.89. The molecule has 1 aromatic rings. The van der Waals surface area contributed by atoms with Crippen LogP contribution in [0.4, 0.5) is 0 Å². The lowest BCUT2D eigenvalue weighted by Gasteiger charge is -2.19. The van der Waals surface area contributed by atoms with Gasteiger partial charge in [0.1, 0.15) is 5.75 Å². The number of hydrogen-bond acceptors (Lipinski definition) is 3. The second-order valence-electron chi connectivity index (χ2n) is 3.92. The van der Waals surface area contributed by atoms with Crippen LogP contribution in [0.25, 0.3) is 5.57 Å². The van der Waals surface area contributed by atoms with E-state index in [9.17, 15) is 9.90 Å². The molecule has 0 radical (unpaired) electrons. The van der Waals surface area contributed by atoms with Crippen LogP contribution in [0.1, 0.15) is 12.0 Å². The van der Waals surface area contributed by atoms with Crippen molar-refractivity contribution < 1.29 is 14.6 Å². The maximum absolute atomic E-state index is 11.2. The molecule has 0 unspecified atom stereocenters. The van der Waals surface area contributed by atoms with Crippen LogP contribution in [0, 0.1) is 0 Å². The molecule has 1 aromatic carbocycles. The molecule has 2 N–H and O–H groups in total. The molecule has 4 nitrogen and oxygen atoms in total. The van der Waals surface area contributed by atoms with Crippen LogP contribution < -0.4 is 10.1 Å². The average molecular weight is 233 g/mol. The van der Waals surface area contributed by atoms with Gasteiger partial charge in [0.15, 0.2) is 0 Å². The summed E-state index contributed by atoms with van der Waals surface area (Å²) in [5.74, 6) is -0.0883. The van der Waals surface area contributed by atoms with Crippen LogP contribution in [0.5, 0.6) is 5.75 Å². The van der Waals surface area contributed by atoms with Gasteiger partial charge in [0.2, 0.25) is 0 Å². The van der Waals surface area contributed by atoms with Crippen LogP contribution in [0.15, 0.2) is 29.8 Å². The van der Waals surface area contributed by atoms with Crippen molar-refractivity contribution in [2.24, 2.45) is 0 Å². The van der Waals surface area contributed by atoms with Crippen LogP contribution >= 0.6 is 0 Å². The van der Waals surface area contributed by atoms with E-state index in [1.165, 1.54) is 0 Å². The van der Waals surface area contributed by atoms with Crippen molar-refractivity contribution in [3.05, 3.63) is 35.4 Å². The van der Waals surface area contributed by atoms with Crippen molar-refractivity contribution in [3.63, 3.8) is 0 Å². The fraction of sp³-hybridized carbons (Fsp3) is 0.308. The molecule has 0 atom stereocenters.